The van der Waals surface area contributed by atoms with Crippen LogP contribution in [0, 0.1) is 5.92 Å². The smallest absolute Gasteiger partial charge is 0.214 e. The third-order valence-electron chi connectivity index (χ3n) is 3.58. The largest absolute Gasteiger partial charge is 0.369 e. The van der Waals surface area contributed by atoms with E-state index < -0.39 is 10.0 Å². The van der Waals surface area contributed by atoms with E-state index in [9.17, 15) is 8.42 Å². The van der Waals surface area contributed by atoms with Crippen molar-refractivity contribution in [2.24, 2.45) is 5.92 Å². The van der Waals surface area contributed by atoms with E-state index in [1.807, 2.05) is 31.2 Å². The van der Waals surface area contributed by atoms with Gasteiger partial charge in [0.05, 0.1) is 5.75 Å². The molecule has 7 heteroatoms. The molecule has 1 unspecified atom stereocenters. The summed E-state index contributed by atoms with van der Waals surface area (Å²) in [4.78, 5) is 2.17. The molecule has 1 heterocycles. The van der Waals surface area contributed by atoms with Crippen molar-refractivity contribution in [1.29, 1.82) is 0 Å². The average Bonchev–Trinajstić information content (AvgIpc) is 2.47. The molecular formula is C14H20Cl2N2O2S. The molecule has 0 radical (unpaired) electrons. The molecule has 1 aromatic carbocycles. The predicted octanol–water partition coefficient (Wildman–Crippen LogP) is 2.67. The summed E-state index contributed by atoms with van der Waals surface area (Å²) in [6.07, 6.45) is 0. The third-order valence-corrected chi connectivity index (χ3v) is 6.50. The summed E-state index contributed by atoms with van der Waals surface area (Å²) in [7, 11) is -3.21. The van der Waals surface area contributed by atoms with Gasteiger partial charge in [-0.05, 0) is 30.2 Å². The second kappa shape index (κ2) is 7.18. The van der Waals surface area contributed by atoms with Crippen molar-refractivity contribution in [3.8, 4) is 0 Å². The number of hydrogen-bond acceptors (Lipinski definition) is 3. The van der Waals surface area contributed by atoms with Gasteiger partial charge in [0, 0.05) is 42.8 Å². The van der Waals surface area contributed by atoms with Crippen molar-refractivity contribution in [2.75, 3.05) is 42.7 Å². The lowest BCUT2D eigenvalue weighted by Crippen LogP contribution is -2.49. The van der Waals surface area contributed by atoms with Gasteiger partial charge in [0.15, 0.2) is 0 Å². The standard InChI is InChI=1S/C14H20Cl2N2O2S/c1-12(10-15)11-21(19,20)18-8-6-17(7-9-18)14-4-2-13(16)3-5-14/h2-5,12H,6-11H2,1H3. The summed E-state index contributed by atoms with van der Waals surface area (Å²) >= 11 is 11.6. The van der Waals surface area contributed by atoms with Gasteiger partial charge in [-0.2, -0.15) is 4.31 Å². The van der Waals surface area contributed by atoms with Crippen LogP contribution >= 0.6 is 23.2 Å². The molecule has 1 aliphatic heterocycles. The number of halogens is 2. The molecule has 1 saturated heterocycles. The molecule has 21 heavy (non-hydrogen) atoms. The number of piperazine rings is 1. The van der Waals surface area contributed by atoms with Crippen molar-refractivity contribution in [3.63, 3.8) is 0 Å². The van der Waals surface area contributed by atoms with E-state index >= 15 is 0 Å². The second-order valence-corrected chi connectivity index (χ2v) is 8.16. The third kappa shape index (κ3) is 4.49. The Balaban J connectivity index is 1.95. The zero-order valence-electron chi connectivity index (χ0n) is 12.0. The Hall–Kier alpha value is -0.490. The van der Waals surface area contributed by atoms with E-state index in [4.69, 9.17) is 23.2 Å². The Bertz CT molecular complexity index is 555. The number of hydrogen-bond donors (Lipinski definition) is 0. The first-order valence-electron chi connectivity index (χ1n) is 6.96. The van der Waals surface area contributed by atoms with Gasteiger partial charge in [0.1, 0.15) is 0 Å². The number of nitrogens with zero attached hydrogens (tertiary/aromatic N) is 2. The Morgan fingerprint density at radius 2 is 1.71 bits per heavy atom. The fourth-order valence-electron chi connectivity index (χ4n) is 2.39. The first kappa shape index (κ1) is 16.9. The van der Waals surface area contributed by atoms with Gasteiger partial charge in [-0.3, -0.25) is 0 Å². The first-order valence-corrected chi connectivity index (χ1v) is 9.49. The van der Waals surface area contributed by atoms with Crippen molar-refractivity contribution in [2.45, 2.75) is 6.92 Å². The minimum atomic E-state index is -3.21. The van der Waals surface area contributed by atoms with Crippen LogP contribution in [0.2, 0.25) is 5.02 Å². The highest BCUT2D eigenvalue weighted by Gasteiger charge is 2.28. The molecule has 118 valence electrons. The van der Waals surface area contributed by atoms with Gasteiger partial charge in [-0.15, -0.1) is 11.6 Å². The van der Waals surface area contributed by atoms with Crippen LogP contribution in [0.25, 0.3) is 0 Å². The molecule has 0 spiro atoms. The van der Waals surface area contributed by atoms with Crippen LogP contribution in [0.4, 0.5) is 5.69 Å². The molecule has 2 rings (SSSR count). The second-order valence-electron chi connectivity index (χ2n) is 5.40. The average molecular weight is 351 g/mol. The zero-order valence-corrected chi connectivity index (χ0v) is 14.3. The first-order chi connectivity index (χ1) is 9.92. The predicted molar refractivity (Wildman–Crippen MR) is 88.9 cm³/mol. The Morgan fingerprint density at radius 1 is 1.14 bits per heavy atom. The monoisotopic (exact) mass is 350 g/mol. The topological polar surface area (TPSA) is 40.6 Å². The molecule has 0 N–H and O–H groups in total. The molecule has 1 fully saturated rings. The fourth-order valence-corrected chi connectivity index (χ4v) is 4.52. The number of sulfonamides is 1. The van der Waals surface area contributed by atoms with Crippen LogP contribution in [0.1, 0.15) is 6.92 Å². The van der Waals surface area contributed by atoms with E-state index in [1.54, 1.807) is 4.31 Å². The zero-order chi connectivity index (χ0) is 15.5. The highest BCUT2D eigenvalue weighted by molar-refractivity contribution is 7.89. The number of anilines is 1. The number of rotatable bonds is 5. The van der Waals surface area contributed by atoms with Crippen molar-refractivity contribution in [1.82, 2.24) is 4.31 Å². The fraction of sp³-hybridized carbons (Fsp3) is 0.571. The number of benzene rings is 1. The molecule has 1 aliphatic rings. The van der Waals surface area contributed by atoms with E-state index in [2.05, 4.69) is 4.90 Å². The van der Waals surface area contributed by atoms with Crippen LogP contribution in [0.5, 0.6) is 0 Å². The molecule has 0 amide bonds. The van der Waals surface area contributed by atoms with E-state index in [0.29, 0.717) is 37.1 Å². The maximum absolute atomic E-state index is 12.3. The molecule has 0 aliphatic carbocycles. The summed E-state index contributed by atoms with van der Waals surface area (Å²) in [5.41, 5.74) is 1.07. The van der Waals surface area contributed by atoms with Gasteiger partial charge in [0.25, 0.3) is 0 Å². The van der Waals surface area contributed by atoms with Crippen molar-refractivity contribution < 1.29 is 8.42 Å². The minimum Gasteiger partial charge on any atom is -0.369 e. The maximum Gasteiger partial charge on any atom is 0.214 e. The van der Waals surface area contributed by atoms with Gasteiger partial charge in [-0.1, -0.05) is 18.5 Å². The highest BCUT2D eigenvalue weighted by Crippen LogP contribution is 2.20. The van der Waals surface area contributed by atoms with Gasteiger partial charge < -0.3 is 4.90 Å². The summed E-state index contributed by atoms with van der Waals surface area (Å²) in [5.74, 6) is 0.465. The van der Waals surface area contributed by atoms with Crippen molar-refractivity contribution in [3.05, 3.63) is 29.3 Å². The normalized spacial score (nSPS) is 18.7. The molecular weight excluding hydrogens is 331 g/mol. The van der Waals surface area contributed by atoms with E-state index in [0.717, 1.165) is 5.69 Å². The summed E-state index contributed by atoms with van der Waals surface area (Å²) in [6.45, 7) is 4.26. The molecule has 0 bridgehead atoms. The van der Waals surface area contributed by atoms with Crippen LogP contribution in [-0.4, -0.2) is 50.5 Å². The molecule has 1 aromatic rings. The van der Waals surface area contributed by atoms with E-state index in [-0.39, 0.29) is 11.7 Å². The lowest BCUT2D eigenvalue weighted by Gasteiger charge is -2.35. The highest BCUT2D eigenvalue weighted by atomic mass is 35.5. The van der Waals surface area contributed by atoms with E-state index in [1.165, 1.54) is 0 Å². The van der Waals surface area contributed by atoms with Crippen LogP contribution in [0.3, 0.4) is 0 Å². The molecule has 0 saturated carbocycles. The molecule has 4 nitrogen and oxygen atoms in total. The summed E-state index contributed by atoms with van der Waals surface area (Å²) < 4.78 is 26.1. The quantitative estimate of drug-likeness (QED) is 0.766. The van der Waals surface area contributed by atoms with Crippen LogP contribution < -0.4 is 4.90 Å². The summed E-state index contributed by atoms with van der Waals surface area (Å²) in [6, 6.07) is 7.62. The molecule has 0 aromatic heterocycles. The van der Waals surface area contributed by atoms with Crippen LogP contribution in [-0.2, 0) is 10.0 Å². The maximum atomic E-state index is 12.3. The lowest BCUT2D eigenvalue weighted by atomic mass is 10.2. The van der Waals surface area contributed by atoms with Crippen LogP contribution in [0.15, 0.2) is 24.3 Å². The summed E-state index contributed by atoms with van der Waals surface area (Å²) in [5, 5.41) is 0.704. The Morgan fingerprint density at radius 3 is 2.24 bits per heavy atom. The van der Waals surface area contributed by atoms with Crippen molar-refractivity contribution >= 4 is 38.9 Å². The Kier molecular flexibility index (Phi) is 5.77. The van der Waals surface area contributed by atoms with Gasteiger partial charge in [0.2, 0.25) is 10.0 Å². The van der Waals surface area contributed by atoms with Gasteiger partial charge >= 0.3 is 0 Å². The number of alkyl halides is 1. The lowest BCUT2D eigenvalue weighted by molar-refractivity contribution is 0.382. The van der Waals surface area contributed by atoms with Gasteiger partial charge in [-0.25, -0.2) is 8.42 Å². The minimum absolute atomic E-state index is 0.0223. The molecule has 1 atom stereocenters. The SMILES string of the molecule is CC(CCl)CS(=O)(=O)N1CCN(c2ccc(Cl)cc2)CC1. The Labute approximate surface area is 136 Å².